The summed E-state index contributed by atoms with van der Waals surface area (Å²) in [5, 5.41) is 3.28. The topological polar surface area (TPSA) is 41.6 Å². The van der Waals surface area contributed by atoms with E-state index in [1.165, 1.54) is 24.8 Å². The lowest BCUT2D eigenvalue weighted by atomic mass is 9.77. The van der Waals surface area contributed by atoms with Gasteiger partial charge >= 0.3 is 0 Å². The summed E-state index contributed by atoms with van der Waals surface area (Å²) >= 11 is 0. The molecule has 1 saturated heterocycles. The summed E-state index contributed by atoms with van der Waals surface area (Å²) in [6.07, 6.45) is 6.62. The monoisotopic (exact) mass is 259 g/mol. The summed E-state index contributed by atoms with van der Waals surface area (Å²) in [6, 6.07) is 10.5. The average molecular weight is 259 g/mol. The van der Waals surface area contributed by atoms with Crippen molar-refractivity contribution in [2.24, 2.45) is 0 Å². The average Bonchev–Trinajstić information content (AvgIpc) is 3.25. The summed E-state index contributed by atoms with van der Waals surface area (Å²) in [5.74, 6) is 0.0813. The van der Waals surface area contributed by atoms with E-state index in [1.807, 2.05) is 6.07 Å². The van der Waals surface area contributed by atoms with Crippen LogP contribution in [0.3, 0.4) is 0 Å². The van der Waals surface area contributed by atoms with Gasteiger partial charge in [-0.25, -0.2) is 0 Å². The smallest absolute Gasteiger partial charge is 0.251 e. The Morgan fingerprint density at radius 3 is 2.53 bits per heavy atom. The summed E-state index contributed by atoms with van der Waals surface area (Å²) in [4.78, 5) is 12.0. The number of amides is 1. The van der Waals surface area contributed by atoms with Crippen LogP contribution in [0.4, 0.5) is 0 Å². The first-order valence-electron chi connectivity index (χ1n) is 7.25. The van der Waals surface area contributed by atoms with Gasteiger partial charge in [0.2, 0.25) is 0 Å². The number of epoxide rings is 1. The van der Waals surface area contributed by atoms with Crippen LogP contribution in [-0.2, 0) is 16.0 Å². The van der Waals surface area contributed by atoms with Crippen molar-refractivity contribution in [1.82, 2.24) is 5.32 Å². The maximum Gasteiger partial charge on any atom is 0.251 e. The molecule has 1 atom stereocenters. The molecule has 1 unspecified atom stereocenters. The van der Waals surface area contributed by atoms with Crippen LogP contribution in [0.15, 0.2) is 30.3 Å². The van der Waals surface area contributed by atoms with Crippen LogP contribution in [-0.4, -0.2) is 24.2 Å². The zero-order valence-corrected chi connectivity index (χ0v) is 11.2. The number of hydrogen-bond donors (Lipinski definition) is 1. The molecule has 0 radical (unpaired) electrons. The van der Waals surface area contributed by atoms with Crippen molar-refractivity contribution in [3.8, 4) is 0 Å². The fourth-order valence-electron chi connectivity index (χ4n) is 3.10. The van der Waals surface area contributed by atoms with E-state index in [1.54, 1.807) is 0 Å². The quantitative estimate of drug-likeness (QED) is 0.844. The molecule has 1 aliphatic heterocycles. The van der Waals surface area contributed by atoms with Crippen molar-refractivity contribution in [2.75, 3.05) is 6.61 Å². The van der Waals surface area contributed by atoms with Crippen LogP contribution in [0, 0.1) is 0 Å². The van der Waals surface area contributed by atoms with E-state index in [0.717, 1.165) is 19.3 Å². The highest BCUT2D eigenvalue weighted by molar-refractivity contribution is 5.83. The highest BCUT2D eigenvalue weighted by atomic mass is 16.6. The number of nitrogens with one attached hydrogen (secondary N) is 1. The van der Waals surface area contributed by atoms with Gasteiger partial charge in [-0.05, 0) is 24.8 Å². The van der Waals surface area contributed by atoms with Crippen molar-refractivity contribution in [3.05, 3.63) is 35.9 Å². The molecule has 102 valence electrons. The van der Waals surface area contributed by atoms with E-state index >= 15 is 0 Å². The fraction of sp³-hybridized carbons (Fsp3) is 0.562. The van der Waals surface area contributed by atoms with Gasteiger partial charge in [-0.15, -0.1) is 0 Å². The number of carbonyl (C=O) groups is 1. The van der Waals surface area contributed by atoms with Crippen molar-refractivity contribution >= 4 is 5.91 Å². The number of rotatable bonds is 4. The molecule has 1 aromatic rings. The number of benzene rings is 1. The predicted molar refractivity (Wildman–Crippen MR) is 73.8 cm³/mol. The minimum absolute atomic E-state index is 0.0529. The summed E-state index contributed by atoms with van der Waals surface area (Å²) < 4.78 is 5.09. The minimum atomic E-state index is -0.186. The van der Waals surface area contributed by atoms with Gasteiger partial charge in [-0.3, -0.25) is 4.79 Å². The molecule has 0 spiro atoms. The van der Waals surface area contributed by atoms with E-state index in [2.05, 4.69) is 29.6 Å². The fourth-order valence-corrected chi connectivity index (χ4v) is 3.10. The molecular weight excluding hydrogens is 238 g/mol. The Morgan fingerprint density at radius 2 is 1.89 bits per heavy atom. The molecule has 1 N–H and O–H groups in total. The van der Waals surface area contributed by atoms with E-state index in [4.69, 9.17) is 4.74 Å². The molecule has 1 heterocycles. The van der Waals surface area contributed by atoms with E-state index in [9.17, 15) is 4.79 Å². The standard InChI is InChI=1S/C16H21NO2/c18-15(14-12-19-14)17-16(9-5-2-6-10-16)11-13-7-3-1-4-8-13/h1,3-4,7-8,14H,2,5-6,9-12H2,(H,17,18). The molecule has 1 saturated carbocycles. The van der Waals surface area contributed by atoms with Crippen LogP contribution >= 0.6 is 0 Å². The van der Waals surface area contributed by atoms with Gasteiger partial charge in [0.05, 0.1) is 6.61 Å². The van der Waals surface area contributed by atoms with Gasteiger partial charge in [0, 0.05) is 5.54 Å². The van der Waals surface area contributed by atoms with Gasteiger partial charge in [-0.2, -0.15) is 0 Å². The molecule has 3 nitrogen and oxygen atoms in total. The van der Waals surface area contributed by atoms with Crippen molar-refractivity contribution in [1.29, 1.82) is 0 Å². The molecular formula is C16H21NO2. The lowest BCUT2D eigenvalue weighted by Gasteiger charge is -2.38. The molecule has 0 aromatic heterocycles. The zero-order chi connectivity index (χ0) is 13.1. The van der Waals surface area contributed by atoms with Gasteiger partial charge in [0.25, 0.3) is 5.91 Å². The van der Waals surface area contributed by atoms with Gasteiger partial charge in [-0.1, -0.05) is 49.6 Å². The molecule has 3 rings (SSSR count). The normalized spacial score (nSPS) is 24.7. The maximum absolute atomic E-state index is 12.0. The van der Waals surface area contributed by atoms with Crippen molar-refractivity contribution in [2.45, 2.75) is 50.2 Å². The third-order valence-corrected chi connectivity index (χ3v) is 4.21. The summed E-state index contributed by atoms with van der Waals surface area (Å²) in [7, 11) is 0. The third-order valence-electron chi connectivity index (χ3n) is 4.21. The first-order chi connectivity index (χ1) is 9.27. The first kappa shape index (κ1) is 12.7. The Kier molecular flexibility index (Phi) is 3.56. The number of hydrogen-bond acceptors (Lipinski definition) is 2. The Labute approximate surface area is 114 Å². The molecule has 1 aliphatic carbocycles. The maximum atomic E-state index is 12.0. The minimum Gasteiger partial charge on any atom is -0.363 e. The molecule has 3 heteroatoms. The van der Waals surface area contributed by atoms with Crippen molar-refractivity contribution in [3.63, 3.8) is 0 Å². The second-order valence-electron chi connectivity index (χ2n) is 5.81. The largest absolute Gasteiger partial charge is 0.363 e. The van der Waals surface area contributed by atoms with E-state index in [-0.39, 0.29) is 17.6 Å². The Bertz CT molecular complexity index is 433. The van der Waals surface area contributed by atoms with Gasteiger partial charge in [0.1, 0.15) is 0 Å². The molecule has 1 aromatic carbocycles. The second kappa shape index (κ2) is 5.33. The lowest BCUT2D eigenvalue weighted by Crippen LogP contribution is -2.52. The highest BCUT2D eigenvalue weighted by Crippen LogP contribution is 2.32. The number of ether oxygens (including phenoxy) is 1. The predicted octanol–water partition coefficient (Wildman–Crippen LogP) is 2.45. The zero-order valence-electron chi connectivity index (χ0n) is 11.2. The molecule has 1 amide bonds. The lowest BCUT2D eigenvalue weighted by molar-refractivity contribution is -0.124. The van der Waals surface area contributed by atoms with Crippen LogP contribution in [0.25, 0.3) is 0 Å². The molecule has 2 aliphatic rings. The molecule has 19 heavy (non-hydrogen) atoms. The molecule has 0 bridgehead atoms. The SMILES string of the molecule is O=C(NC1(Cc2ccccc2)CCCCC1)C1CO1. The number of carbonyl (C=O) groups excluding carboxylic acids is 1. The van der Waals surface area contributed by atoms with E-state index < -0.39 is 0 Å². The third kappa shape index (κ3) is 3.16. The summed E-state index contributed by atoms with van der Waals surface area (Å²) in [6.45, 7) is 0.591. The Morgan fingerprint density at radius 1 is 1.21 bits per heavy atom. The molecule has 2 fully saturated rings. The highest BCUT2D eigenvalue weighted by Gasteiger charge is 2.39. The van der Waals surface area contributed by atoms with Crippen molar-refractivity contribution < 1.29 is 9.53 Å². The van der Waals surface area contributed by atoms with Gasteiger partial charge < -0.3 is 10.1 Å². The second-order valence-corrected chi connectivity index (χ2v) is 5.81. The Hall–Kier alpha value is -1.35. The van der Waals surface area contributed by atoms with Gasteiger partial charge in [0.15, 0.2) is 6.10 Å². The first-order valence-corrected chi connectivity index (χ1v) is 7.25. The summed E-state index contributed by atoms with van der Waals surface area (Å²) in [5.41, 5.74) is 1.25. The van der Waals surface area contributed by atoms with Crippen LogP contribution in [0.2, 0.25) is 0 Å². The van der Waals surface area contributed by atoms with Crippen LogP contribution in [0.1, 0.15) is 37.7 Å². The Balaban J connectivity index is 1.73. The van der Waals surface area contributed by atoms with Crippen LogP contribution < -0.4 is 5.32 Å². The van der Waals surface area contributed by atoms with Crippen LogP contribution in [0.5, 0.6) is 0 Å². The van der Waals surface area contributed by atoms with E-state index in [0.29, 0.717) is 6.61 Å².